The molecule has 0 radical (unpaired) electrons. The summed E-state index contributed by atoms with van der Waals surface area (Å²) in [5, 5.41) is 0. The van der Waals surface area contributed by atoms with Crippen LogP contribution in [0.1, 0.15) is 11.1 Å². The number of benzene rings is 1. The van der Waals surface area contributed by atoms with E-state index < -0.39 is 9.58 Å². The molecular weight excluding hydrogens is 653 g/mol. The summed E-state index contributed by atoms with van der Waals surface area (Å²) in [5.41, 5.74) is 2.02. The van der Waals surface area contributed by atoms with Gasteiger partial charge in [-0.1, -0.05) is 0 Å². The van der Waals surface area contributed by atoms with E-state index in [0.717, 1.165) is 15.6 Å². The quantitative estimate of drug-likeness (QED) is 0.191. The number of hydrogen-bond acceptors (Lipinski definition) is 5. The Bertz CT molecular complexity index is 705. The molecule has 3 aliphatic rings. The predicted molar refractivity (Wildman–Crippen MR) is 98.9 cm³/mol. The third-order valence-corrected chi connectivity index (χ3v) is 12.8. The van der Waals surface area contributed by atoms with E-state index in [1.54, 1.807) is 0 Å². The molecule has 8 heteroatoms. The van der Waals surface area contributed by atoms with Crippen LogP contribution in [0.25, 0.3) is 0 Å². The van der Waals surface area contributed by atoms with E-state index in [1.807, 2.05) is 18.2 Å². The second-order valence-corrected chi connectivity index (χ2v) is 12.0. The average molecular weight is 667 g/mol. The van der Waals surface area contributed by atoms with Gasteiger partial charge in [-0.05, 0) is 0 Å². The molecule has 130 valence electrons. The number of halogens is 3. The van der Waals surface area contributed by atoms with Crippen LogP contribution in [0.4, 0.5) is 4.79 Å². The van der Waals surface area contributed by atoms with Crippen molar-refractivity contribution in [1.29, 1.82) is 0 Å². The molecule has 1 aromatic rings. The fraction of sp³-hybridized carbons (Fsp3) is 0.500. The van der Waals surface area contributed by atoms with Crippen molar-refractivity contribution in [2.75, 3.05) is 8.86 Å². The van der Waals surface area contributed by atoms with Gasteiger partial charge in [0.25, 0.3) is 0 Å². The van der Waals surface area contributed by atoms with Gasteiger partial charge < -0.3 is 0 Å². The Kier molecular flexibility index (Phi) is 4.91. The van der Waals surface area contributed by atoms with E-state index in [9.17, 15) is 9.59 Å². The predicted octanol–water partition coefficient (Wildman–Crippen LogP) is -0.325. The van der Waals surface area contributed by atoms with Gasteiger partial charge in [0.15, 0.2) is 0 Å². The number of ether oxygens (including phenoxy) is 3. The topological polar surface area (TPSA) is 61.8 Å². The van der Waals surface area contributed by atoms with Crippen molar-refractivity contribution in [3.05, 3.63) is 29.3 Å². The molecule has 0 aromatic heterocycles. The van der Waals surface area contributed by atoms with Gasteiger partial charge in [-0.25, -0.2) is 0 Å². The molecule has 0 bridgehead atoms. The molecule has 2 saturated heterocycles. The van der Waals surface area contributed by atoms with Gasteiger partial charge in [0.1, 0.15) is 0 Å². The normalized spacial score (nSPS) is 29.9. The van der Waals surface area contributed by atoms with Crippen molar-refractivity contribution in [2.24, 2.45) is 0 Å². The molecule has 2 heterocycles. The summed E-state index contributed by atoms with van der Waals surface area (Å²) >= 11 is 4.72. The standard InChI is InChI=1S/C16H14I3O5/c17-7-16(18,13-6-19-13)14(20)22-10-3-1-2-8-4-11-12(5-9(8)10)24-15(21)23-11/h1-3,11-13H,4-7H2/q-1. The van der Waals surface area contributed by atoms with Crippen LogP contribution in [0.15, 0.2) is 18.2 Å². The molecule has 0 spiro atoms. The van der Waals surface area contributed by atoms with E-state index in [-0.39, 0.29) is 39.4 Å². The van der Waals surface area contributed by atoms with Crippen molar-refractivity contribution in [2.45, 2.75) is 32.4 Å². The molecule has 2 fully saturated rings. The first kappa shape index (κ1) is 17.6. The summed E-state index contributed by atoms with van der Waals surface area (Å²) in [6, 6.07) is 5.72. The molecule has 4 atom stereocenters. The Morgan fingerprint density at radius 3 is 2.71 bits per heavy atom. The second kappa shape index (κ2) is 6.71. The van der Waals surface area contributed by atoms with E-state index in [2.05, 4.69) is 45.2 Å². The first-order chi connectivity index (χ1) is 11.5. The number of rotatable bonds is 4. The molecular formula is C16H14I3O5-. The minimum absolute atomic E-state index is 0.144. The van der Waals surface area contributed by atoms with Crippen LogP contribution in [0.5, 0.6) is 5.75 Å². The Morgan fingerprint density at radius 1 is 1.33 bits per heavy atom. The molecule has 1 aromatic carbocycles. The molecule has 5 nitrogen and oxygen atoms in total. The zero-order chi connectivity index (χ0) is 16.9. The summed E-state index contributed by atoms with van der Waals surface area (Å²) in [6.45, 7) is 0. The molecule has 1 aliphatic carbocycles. The second-order valence-electron chi connectivity index (χ2n) is 6.03. The van der Waals surface area contributed by atoms with Crippen LogP contribution >= 0.6 is 45.2 Å². The van der Waals surface area contributed by atoms with Gasteiger partial charge in [-0.3, -0.25) is 0 Å². The van der Waals surface area contributed by atoms with Gasteiger partial charge in [0.05, 0.1) is 0 Å². The van der Waals surface area contributed by atoms with Gasteiger partial charge in [0.2, 0.25) is 0 Å². The Hall–Kier alpha value is 0.150. The number of alkyl halides is 4. The monoisotopic (exact) mass is 667 g/mol. The maximum absolute atomic E-state index is 12.8. The molecule has 24 heavy (non-hydrogen) atoms. The van der Waals surface area contributed by atoms with Gasteiger partial charge in [0, 0.05) is 0 Å². The van der Waals surface area contributed by atoms with E-state index in [4.69, 9.17) is 14.2 Å². The van der Waals surface area contributed by atoms with Crippen molar-refractivity contribution in [3.8, 4) is 5.75 Å². The first-order valence-corrected chi connectivity index (χ1v) is 12.9. The summed E-state index contributed by atoms with van der Waals surface area (Å²) < 4.78 is 18.3. The van der Waals surface area contributed by atoms with Gasteiger partial charge in [-0.15, -0.1) is 0 Å². The van der Waals surface area contributed by atoms with Crippen molar-refractivity contribution < 1.29 is 45.0 Å². The zero-order valence-corrected chi connectivity index (χ0v) is 18.9. The van der Waals surface area contributed by atoms with Crippen molar-refractivity contribution >= 4 is 57.3 Å². The molecule has 4 unspecified atom stereocenters. The molecule has 0 amide bonds. The van der Waals surface area contributed by atoms with E-state index in [0.29, 0.717) is 22.5 Å². The summed E-state index contributed by atoms with van der Waals surface area (Å²) in [6.07, 6.45) is 0.0140. The molecule has 4 rings (SSSR count). The number of hydrogen-bond donors (Lipinski definition) is 0. The van der Waals surface area contributed by atoms with Crippen LogP contribution in [0.2, 0.25) is 0 Å². The summed E-state index contributed by atoms with van der Waals surface area (Å²) in [4.78, 5) is 24.1. The third kappa shape index (κ3) is 3.14. The van der Waals surface area contributed by atoms with Crippen LogP contribution < -0.4 is 25.9 Å². The Balaban J connectivity index is 1.58. The SMILES string of the molecule is O=C1OC2Cc3cccc(OC(=O)C(I)(CI)C4C[I-]4)c3CC2O1. The third-order valence-electron chi connectivity index (χ3n) is 4.51. The van der Waals surface area contributed by atoms with Gasteiger partial charge >= 0.3 is 179 Å². The fourth-order valence-corrected chi connectivity index (χ4v) is 9.21. The van der Waals surface area contributed by atoms with Crippen LogP contribution in [-0.2, 0) is 27.1 Å². The molecule has 0 N–H and O–H groups in total. The fourth-order valence-electron chi connectivity index (χ4n) is 3.06. The van der Waals surface area contributed by atoms with Crippen LogP contribution in [0.3, 0.4) is 0 Å². The number of carbonyl (C=O) groups excluding carboxylic acids is 2. The van der Waals surface area contributed by atoms with Crippen LogP contribution in [-0.4, -0.2) is 40.5 Å². The maximum atomic E-state index is 12.8. The zero-order valence-electron chi connectivity index (χ0n) is 12.5. The molecule has 0 saturated carbocycles. The summed E-state index contributed by atoms with van der Waals surface area (Å²) in [5.74, 6) is 0.457. The van der Waals surface area contributed by atoms with Crippen molar-refractivity contribution in [1.82, 2.24) is 0 Å². The van der Waals surface area contributed by atoms with Gasteiger partial charge in [-0.2, -0.15) is 0 Å². The summed E-state index contributed by atoms with van der Waals surface area (Å²) in [7, 11) is 0. The van der Waals surface area contributed by atoms with E-state index >= 15 is 0 Å². The van der Waals surface area contributed by atoms with Crippen molar-refractivity contribution in [3.63, 3.8) is 0 Å². The van der Waals surface area contributed by atoms with Crippen LogP contribution in [0, 0.1) is 0 Å². The Morgan fingerprint density at radius 2 is 2.04 bits per heavy atom. The number of fused-ring (bicyclic) bond motifs is 2. The minimum atomic E-state index is -0.606. The number of esters is 1. The number of carbonyl (C=O) groups is 2. The average Bonchev–Trinajstić information content (AvgIpc) is 3.35. The first-order valence-electron chi connectivity index (χ1n) is 7.54. The van der Waals surface area contributed by atoms with E-state index in [1.165, 1.54) is 4.43 Å². The molecule has 2 aliphatic heterocycles. The Labute approximate surface area is 177 Å².